The summed E-state index contributed by atoms with van der Waals surface area (Å²) in [4.78, 5) is 44.1. The highest BCUT2D eigenvalue weighted by Gasteiger charge is 2.42. The van der Waals surface area contributed by atoms with Crippen molar-refractivity contribution in [2.45, 2.75) is 89.9 Å². The predicted molar refractivity (Wildman–Crippen MR) is 158 cm³/mol. The summed E-state index contributed by atoms with van der Waals surface area (Å²) in [6.07, 6.45) is 6.00. The fourth-order valence-corrected chi connectivity index (χ4v) is 5.34. The summed E-state index contributed by atoms with van der Waals surface area (Å²) < 4.78 is 5.56. The molecule has 4 rings (SSSR count). The van der Waals surface area contributed by atoms with Crippen molar-refractivity contribution < 1.29 is 19.1 Å². The zero-order valence-corrected chi connectivity index (χ0v) is 24.8. The molecule has 1 aromatic heterocycles. The van der Waals surface area contributed by atoms with E-state index in [2.05, 4.69) is 38.4 Å². The lowest BCUT2D eigenvalue weighted by molar-refractivity contribution is -0.135. The molecule has 0 unspecified atom stereocenters. The van der Waals surface area contributed by atoms with E-state index in [0.29, 0.717) is 32.6 Å². The molecule has 222 valence electrons. The molecule has 3 amide bonds. The van der Waals surface area contributed by atoms with Gasteiger partial charge >= 0.3 is 0 Å². The molecule has 9 heteroatoms. The van der Waals surface area contributed by atoms with Gasteiger partial charge in [-0.3, -0.25) is 24.7 Å². The molecule has 1 aliphatic carbocycles. The van der Waals surface area contributed by atoms with Crippen LogP contribution in [0.3, 0.4) is 0 Å². The van der Waals surface area contributed by atoms with Crippen LogP contribution >= 0.6 is 0 Å². The summed E-state index contributed by atoms with van der Waals surface area (Å²) in [6, 6.07) is 12.3. The molecule has 4 N–H and O–H groups in total. The molecular formula is C32H45N5O4. The summed E-state index contributed by atoms with van der Waals surface area (Å²) in [5.74, 6) is -0.844. The highest BCUT2D eigenvalue weighted by Crippen LogP contribution is 2.29. The monoisotopic (exact) mass is 563 g/mol. The maximum Gasteiger partial charge on any atom is 0.242 e. The molecule has 1 aromatic carbocycles. The number of aromatic nitrogens is 1. The van der Waals surface area contributed by atoms with E-state index in [1.54, 1.807) is 13.1 Å². The Morgan fingerprint density at radius 2 is 1.83 bits per heavy atom. The number of ether oxygens (including phenoxy) is 1. The number of carbonyl (C=O) groups is 3. The van der Waals surface area contributed by atoms with E-state index in [-0.39, 0.29) is 35.6 Å². The lowest BCUT2D eigenvalue weighted by Gasteiger charge is -2.44. The second-order valence-corrected chi connectivity index (χ2v) is 12.7. The molecule has 1 fully saturated rings. The Labute approximate surface area is 243 Å². The number of benzene rings is 1. The van der Waals surface area contributed by atoms with Crippen LogP contribution in [0.25, 0.3) is 0 Å². The smallest absolute Gasteiger partial charge is 0.242 e. The van der Waals surface area contributed by atoms with Gasteiger partial charge in [0, 0.05) is 18.4 Å². The zero-order chi connectivity index (χ0) is 29.5. The van der Waals surface area contributed by atoms with E-state index in [0.717, 1.165) is 30.5 Å². The Hall–Kier alpha value is -3.30. The van der Waals surface area contributed by atoms with E-state index in [4.69, 9.17) is 4.74 Å². The van der Waals surface area contributed by atoms with Crippen molar-refractivity contribution in [3.05, 3.63) is 65.5 Å². The third kappa shape index (κ3) is 8.84. The molecule has 0 radical (unpaired) electrons. The van der Waals surface area contributed by atoms with Gasteiger partial charge in [-0.05, 0) is 67.7 Å². The number of hydrogen-bond donors (Lipinski definition) is 4. The number of aryl methyl sites for hydroxylation is 2. The number of hydrogen-bond acceptors (Lipinski definition) is 6. The van der Waals surface area contributed by atoms with Crippen molar-refractivity contribution in [1.29, 1.82) is 0 Å². The molecule has 1 saturated heterocycles. The predicted octanol–water partition coefficient (Wildman–Crippen LogP) is 2.99. The number of nitrogens with zero attached hydrogens (tertiary/aromatic N) is 1. The maximum absolute atomic E-state index is 13.6. The molecule has 0 bridgehead atoms. The lowest BCUT2D eigenvalue weighted by atomic mass is 9.87. The van der Waals surface area contributed by atoms with E-state index in [9.17, 15) is 14.4 Å². The van der Waals surface area contributed by atoms with E-state index in [1.165, 1.54) is 5.56 Å². The molecular weight excluding hydrogens is 518 g/mol. The van der Waals surface area contributed by atoms with Crippen molar-refractivity contribution in [2.24, 2.45) is 5.41 Å². The largest absolute Gasteiger partial charge is 0.377 e. The van der Waals surface area contributed by atoms with Crippen molar-refractivity contribution in [1.82, 2.24) is 26.3 Å². The number of carbonyl (C=O) groups excluding carboxylic acids is 3. The first-order chi connectivity index (χ1) is 19.5. The lowest BCUT2D eigenvalue weighted by Crippen LogP contribution is -2.66. The van der Waals surface area contributed by atoms with Crippen LogP contribution in [-0.2, 0) is 32.0 Å². The molecule has 2 heterocycles. The van der Waals surface area contributed by atoms with Crippen molar-refractivity contribution in [3.63, 3.8) is 0 Å². The van der Waals surface area contributed by atoms with Crippen LogP contribution in [0.1, 0.15) is 76.2 Å². The Balaban J connectivity index is 1.41. The third-order valence-corrected chi connectivity index (χ3v) is 7.78. The summed E-state index contributed by atoms with van der Waals surface area (Å²) >= 11 is 0. The number of rotatable bonds is 12. The highest BCUT2D eigenvalue weighted by atomic mass is 16.5. The minimum Gasteiger partial charge on any atom is -0.377 e. The zero-order valence-electron chi connectivity index (χ0n) is 24.8. The minimum atomic E-state index is -0.826. The molecule has 0 spiro atoms. The molecule has 2 aromatic rings. The van der Waals surface area contributed by atoms with Crippen LogP contribution in [0.5, 0.6) is 0 Å². The molecule has 0 saturated carbocycles. The highest BCUT2D eigenvalue weighted by molar-refractivity contribution is 5.92. The van der Waals surface area contributed by atoms with E-state index < -0.39 is 17.6 Å². The van der Waals surface area contributed by atoms with Gasteiger partial charge in [-0.15, -0.1) is 0 Å². The molecule has 3 atom stereocenters. The Morgan fingerprint density at radius 1 is 1.07 bits per heavy atom. The fourth-order valence-electron chi connectivity index (χ4n) is 5.34. The number of nitrogens with one attached hydrogen (secondary N) is 4. The van der Waals surface area contributed by atoms with Crippen LogP contribution in [-0.4, -0.2) is 60.1 Å². The quantitative estimate of drug-likeness (QED) is 0.315. The molecule has 41 heavy (non-hydrogen) atoms. The van der Waals surface area contributed by atoms with E-state index >= 15 is 0 Å². The van der Waals surface area contributed by atoms with Crippen LogP contribution in [0.4, 0.5) is 0 Å². The van der Waals surface area contributed by atoms with Gasteiger partial charge in [0.25, 0.3) is 0 Å². The number of pyridine rings is 1. The van der Waals surface area contributed by atoms with Gasteiger partial charge < -0.3 is 20.7 Å². The summed E-state index contributed by atoms with van der Waals surface area (Å²) in [7, 11) is 0. The second kappa shape index (κ2) is 13.6. The fraction of sp³-hybridized carbons (Fsp3) is 0.562. The van der Waals surface area contributed by atoms with Gasteiger partial charge in [-0.1, -0.05) is 51.1 Å². The first-order valence-electron chi connectivity index (χ1n) is 14.7. The average Bonchev–Trinajstić information content (AvgIpc) is 2.93. The van der Waals surface area contributed by atoms with Gasteiger partial charge in [0.1, 0.15) is 6.04 Å². The first-order valence-corrected chi connectivity index (χ1v) is 14.7. The standard InChI is InChI=1S/C32H45N5O4/c1-22(29(39)36-26-14-9-11-23-10-5-6-13-25(23)26)35-30(40)27(18-28(38)34-19-31(2,3)4)37-32(20-41-21-32)16-15-24-12-7-8-17-33-24/h5-8,10,12-13,17,22,26-27,37H,9,11,14-16,18-21H2,1-4H3,(H,34,38)(H,35,40)(H,36,39)/t22-,26+,27-/m0/s1. The average molecular weight is 564 g/mol. The summed E-state index contributed by atoms with van der Waals surface area (Å²) in [5.41, 5.74) is 2.81. The SMILES string of the molecule is C[C@H](NC(=O)[C@H](CC(=O)NCC(C)(C)C)NC1(CCc2ccccn2)COC1)C(=O)N[C@@H]1CCCc2ccccc21. The van der Waals surface area contributed by atoms with Gasteiger partial charge in [-0.2, -0.15) is 0 Å². The number of fused-ring (bicyclic) bond motifs is 1. The van der Waals surface area contributed by atoms with Gasteiger partial charge in [0.15, 0.2) is 0 Å². The Bertz CT molecular complexity index is 1190. The number of amides is 3. The van der Waals surface area contributed by atoms with Crippen LogP contribution in [0, 0.1) is 5.41 Å². The topological polar surface area (TPSA) is 121 Å². The first kappa shape index (κ1) is 30.7. The van der Waals surface area contributed by atoms with Crippen LogP contribution in [0.15, 0.2) is 48.7 Å². The van der Waals surface area contributed by atoms with Crippen molar-refractivity contribution in [2.75, 3.05) is 19.8 Å². The van der Waals surface area contributed by atoms with Gasteiger partial charge in [0.05, 0.1) is 37.3 Å². The Morgan fingerprint density at radius 3 is 2.51 bits per heavy atom. The second-order valence-electron chi connectivity index (χ2n) is 12.7. The van der Waals surface area contributed by atoms with Crippen LogP contribution in [0.2, 0.25) is 0 Å². The van der Waals surface area contributed by atoms with Crippen molar-refractivity contribution in [3.8, 4) is 0 Å². The normalized spacial score (nSPS) is 19.2. The Kier molecular flexibility index (Phi) is 10.1. The molecule has 1 aliphatic heterocycles. The summed E-state index contributed by atoms with van der Waals surface area (Å²) in [6.45, 7) is 9.17. The maximum atomic E-state index is 13.6. The van der Waals surface area contributed by atoms with E-state index in [1.807, 2.05) is 51.1 Å². The summed E-state index contributed by atoms with van der Waals surface area (Å²) in [5, 5.41) is 12.4. The minimum absolute atomic E-state index is 0.0441. The van der Waals surface area contributed by atoms with Gasteiger partial charge in [0.2, 0.25) is 17.7 Å². The third-order valence-electron chi connectivity index (χ3n) is 7.78. The van der Waals surface area contributed by atoms with Gasteiger partial charge in [-0.25, -0.2) is 0 Å². The van der Waals surface area contributed by atoms with Crippen molar-refractivity contribution >= 4 is 17.7 Å². The van der Waals surface area contributed by atoms with Crippen LogP contribution < -0.4 is 21.3 Å². The molecule has 2 aliphatic rings. The molecule has 9 nitrogen and oxygen atoms in total.